The van der Waals surface area contributed by atoms with Crippen LogP contribution in [0.5, 0.6) is 11.5 Å². The first-order valence-corrected chi connectivity index (χ1v) is 11.0. The maximum absolute atomic E-state index is 6.07. The van der Waals surface area contributed by atoms with Gasteiger partial charge >= 0.3 is 0 Å². The Kier molecular flexibility index (Phi) is 8.34. The lowest BCUT2D eigenvalue weighted by molar-refractivity contribution is 0.183. The van der Waals surface area contributed by atoms with E-state index in [-0.39, 0.29) is 0 Å². The Hall–Kier alpha value is -1.62. The van der Waals surface area contributed by atoms with Crippen molar-refractivity contribution in [2.45, 2.75) is 25.7 Å². The van der Waals surface area contributed by atoms with Crippen molar-refractivity contribution in [2.75, 3.05) is 45.7 Å². The number of anilines is 1. The summed E-state index contributed by atoms with van der Waals surface area (Å²) in [5, 5.41) is 4.65. The second kappa shape index (κ2) is 11.0. The van der Waals surface area contributed by atoms with Gasteiger partial charge in [-0.05, 0) is 80.6 Å². The van der Waals surface area contributed by atoms with Gasteiger partial charge in [0, 0.05) is 18.8 Å². The zero-order valence-corrected chi connectivity index (χ0v) is 18.7. The third-order valence-electron chi connectivity index (χ3n) is 5.67. The van der Waals surface area contributed by atoms with Gasteiger partial charge in [-0.25, -0.2) is 0 Å². The first kappa shape index (κ1) is 22.1. The van der Waals surface area contributed by atoms with Crippen molar-refractivity contribution in [3.63, 3.8) is 0 Å². The molecule has 29 heavy (non-hydrogen) atoms. The first-order chi connectivity index (χ1) is 14.1. The van der Waals surface area contributed by atoms with E-state index in [1.807, 2.05) is 24.3 Å². The molecule has 1 N–H and O–H groups in total. The van der Waals surface area contributed by atoms with E-state index in [0.29, 0.717) is 10.0 Å². The van der Waals surface area contributed by atoms with E-state index in [0.717, 1.165) is 42.6 Å². The van der Waals surface area contributed by atoms with E-state index in [4.69, 9.17) is 32.7 Å². The molecule has 158 valence electrons. The molecule has 0 saturated carbocycles. The fourth-order valence-electron chi connectivity index (χ4n) is 3.85. The summed E-state index contributed by atoms with van der Waals surface area (Å²) in [6, 6.07) is 11.9. The molecule has 1 aliphatic heterocycles. The number of ether oxygens (including phenoxy) is 2. The Labute approximate surface area is 184 Å². The normalized spacial score (nSPS) is 15.3. The summed E-state index contributed by atoms with van der Waals surface area (Å²) in [5.41, 5.74) is 2.32. The van der Waals surface area contributed by atoms with E-state index in [1.54, 1.807) is 14.2 Å². The van der Waals surface area contributed by atoms with Crippen LogP contribution in [0.1, 0.15) is 24.8 Å². The van der Waals surface area contributed by atoms with Crippen molar-refractivity contribution in [2.24, 2.45) is 5.92 Å². The maximum Gasteiger partial charge on any atom is 0.160 e. The monoisotopic (exact) mass is 436 g/mol. The van der Waals surface area contributed by atoms with Crippen molar-refractivity contribution >= 4 is 28.9 Å². The van der Waals surface area contributed by atoms with Crippen LogP contribution in [-0.4, -0.2) is 45.3 Å². The zero-order chi connectivity index (χ0) is 20.6. The SMILES string of the molecule is COc1ccc(CCN2CCC(CCNc3ccc(Cl)c(Cl)c3)CC2)cc1OC. The predicted molar refractivity (Wildman–Crippen MR) is 122 cm³/mol. The van der Waals surface area contributed by atoms with Crippen molar-refractivity contribution < 1.29 is 9.47 Å². The molecular formula is C23H30Cl2N2O2. The minimum Gasteiger partial charge on any atom is -0.493 e. The number of nitrogens with zero attached hydrogens (tertiary/aromatic N) is 1. The van der Waals surface area contributed by atoms with E-state index < -0.39 is 0 Å². The summed E-state index contributed by atoms with van der Waals surface area (Å²) in [6.07, 6.45) is 4.73. The molecule has 1 aliphatic rings. The van der Waals surface area contributed by atoms with Crippen LogP contribution in [-0.2, 0) is 6.42 Å². The van der Waals surface area contributed by atoms with Crippen molar-refractivity contribution in [1.82, 2.24) is 4.90 Å². The Morgan fingerprint density at radius 1 is 0.966 bits per heavy atom. The number of rotatable bonds is 9. The minimum absolute atomic E-state index is 0.595. The first-order valence-electron chi connectivity index (χ1n) is 10.2. The molecule has 0 amide bonds. The number of likely N-dealkylation sites (tertiary alicyclic amines) is 1. The Morgan fingerprint density at radius 3 is 2.41 bits per heavy atom. The molecule has 0 atom stereocenters. The third kappa shape index (κ3) is 6.43. The molecule has 2 aromatic carbocycles. The van der Waals surface area contributed by atoms with Crippen LogP contribution in [0.15, 0.2) is 36.4 Å². The van der Waals surface area contributed by atoms with Crippen LogP contribution in [0.3, 0.4) is 0 Å². The average Bonchev–Trinajstić information content (AvgIpc) is 2.75. The highest BCUT2D eigenvalue weighted by atomic mass is 35.5. The molecule has 1 fully saturated rings. The molecule has 0 aliphatic carbocycles. The lowest BCUT2D eigenvalue weighted by Crippen LogP contribution is -2.35. The second-order valence-corrected chi connectivity index (χ2v) is 8.38. The van der Waals surface area contributed by atoms with Crippen LogP contribution < -0.4 is 14.8 Å². The number of halogens is 2. The van der Waals surface area contributed by atoms with Gasteiger partial charge in [-0.3, -0.25) is 0 Å². The van der Waals surface area contributed by atoms with E-state index in [9.17, 15) is 0 Å². The zero-order valence-electron chi connectivity index (χ0n) is 17.2. The van der Waals surface area contributed by atoms with E-state index >= 15 is 0 Å². The van der Waals surface area contributed by atoms with Gasteiger partial charge < -0.3 is 19.7 Å². The maximum atomic E-state index is 6.07. The van der Waals surface area contributed by atoms with Gasteiger partial charge in [0.2, 0.25) is 0 Å². The highest BCUT2D eigenvalue weighted by Gasteiger charge is 2.19. The molecule has 6 heteroatoms. The van der Waals surface area contributed by atoms with E-state index in [2.05, 4.69) is 22.3 Å². The van der Waals surface area contributed by atoms with Gasteiger partial charge in [0.25, 0.3) is 0 Å². The average molecular weight is 437 g/mol. The molecule has 0 bridgehead atoms. The summed E-state index contributed by atoms with van der Waals surface area (Å²) in [4.78, 5) is 2.57. The molecule has 0 unspecified atom stereocenters. The van der Waals surface area contributed by atoms with Gasteiger partial charge in [-0.2, -0.15) is 0 Å². The summed E-state index contributed by atoms with van der Waals surface area (Å²) >= 11 is 12.0. The molecule has 0 aromatic heterocycles. The number of methoxy groups -OCH3 is 2. The van der Waals surface area contributed by atoms with Crippen molar-refractivity contribution in [1.29, 1.82) is 0 Å². The summed E-state index contributed by atoms with van der Waals surface area (Å²) < 4.78 is 10.7. The number of benzene rings is 2. The van der Waals surface area contributed by atoms with Gasteiger partial charge in [0.1, 0.15) is 0 Å². The Morgan fingerprint density at radius 2 is 1.72 bits per heavy atom. The second-order valence-electron chi connectivity index (χ2n) is 7.57. The fourth-order valence-corrected chi connectivity index (χ4v) is 4.15. The number of hydrogen-bond donors (Lipinski definition) is 1. The Balaban J connectivity index is 1.36. The molecule has 1 saturated heterocycles. The Bertz CT molecular complexity index is 792. The largest absolute Gasteiger partial charge is 0.493 e. The quantitative estimate of drug-likeness (QED) is 0.540. The smallest absolute Gasteiger partial charge is 0.160 e. The minimum atomic E-state index is 0.595. The summed E-state index contributed by atoms with van der Waals surface area (Å²) in [5.74, 6) is 2.37. The molecule has 0 radical (unpaired) electrons. The molecule has 1 heterocycles. The van der Waals surface area contributed by atoms with E-state index in [1.165, 1.54) is 37.9 Å². The van der Waals surface area contributed by atoms with Crippen LogP contribution in [0.4, 0.5) is 5.69 Å². The molecule has 0 spiro atoms. The van der Waals surface area contributed by atoms with Gasteiger partial charge in [-0.1, -0.05) is 29.3 Å². The predicted octanol–water partition coefficient (Wildman–Crippen LogP) is 5.77. The molecule has 3 rings (SSSR count). The molecule has 2 aromatic rings. The highest BCUT2D eigenvalue weighted by molar-refractivity contribution is 6.42. The van der Waals surface area contributed by atoms with Gasteiger partial charge in [0.05, 0.1) is 24.3 Å². The van der Waals surface area contributed by atoms with Gasteiger partial charge in [0.15, 0.2) is 11.5 Å². The molecule has 4 nitrogen and oxygen atoms in total. The number of hydrogen-bond acceptors (Lipinski definition) is 4. The van der Waals surface area contributed by atoms with Gasteiger partial charge in [-0.15, -0.1) is 0 Å². The number of nitrogens with one attached hydrogen (secondary N) is 1. The van der Waals surface area contributed by atoms with Crippen LogP contribution in [0, 0.1) is 5.92 Å². The highest BCUT2D eigenvalue weighted by Crippen LogP contribution is 2.28. The molecular weight excluding hydrogens is 407 g/mol. The van der Waals surface area contributed by atoms with Crippen LogP contribution in [0.2, 0.25) is 10.0 Å². The number of piperidine rings is 1. The fraction of sp³-hybridized carbons (Fsp3) is 0.478. The van der Waals surface area contributed by atoms with Crippen LogP contribution >= 0.6 is 23.2 Å². The van der Waals surface area contributed by atoms with Crippen molar-refractivity contribution in [3.8, 4) is 11.5 Å². The van der Waals surface area contributed by atoms with Crippen LogP contribution in [0.25, 0.3) is 0 Å². The third-order valence-corrected chi connectivity index (χ3v) is 6.41. The summed E-state index contributed by atoms with van der Waals surface area (Å²) in [6.45, 7) is 4.40. The lowest BCUT2D eigenvalue weighted by atomic mass is 9.93. The van der Waals surface area contributed by atoms with Crippen molar-refractivity contribution in [3.05, 3.63) is 52.0 Å². The topological polar surface area (TPSA) is 33.7 Å². The standard InChI is InChI=1S/C23H30Cl2N2O2/c1-28-22-6-3-18(15-23(22)29-2)10-14-27-12-8-17(9-13-27)7-11-26-19-4-5-20(24)21(25)16-19/h3-6,15-17,26H,7-14H2,1-2H3. The summed E-state index contributed by atoms with van der Waals surface area (Å²) in [7, 11) is 3.35. The lowest BCUT2D eigenvalue weighted by Gasteiger charge is -2.32.